The van der Waals surface area contributed by atoms with E-state index in [9.17, 15) is 4.79 Å². The molecule has 1 aliphatic rings. The van der Waals surface area contributed by atoms with Crippen LogP contribution in [0.15, 0.2) is 61.2 Å². The number of carbonyl (C=O) groups excluding carboxylic acids is 1. The Kier molecular flexibility index (Phi) is 6.34. The van der Waals surface area contributed by atoms with E-state index in [0.717, 1.165) is 45.4 Å². The molecule has 0 radical (unpaired) electrons. The normalized spacial score (nSPS) is 15.4. The molecule has 0 unspecified atom stereocenters. The fourth-order valence-corrected chi connectivity index (χ4v) is 6.05. The molecule has 8 heteroatoms. The van der Waals surface area contributed by atoms with Crippen LogP contribution in [0.3, 0.4) is 0 Å². The van der Waals surface area contributed by atoms with Crippen LogP contribution < -0.4 is 5.32 Å². The molecule has 5 rings (SSSR count). The fourth-order valence-electron chi connectivity index (χ4n) is 4.17. The zero-order chi connectivity index (χ0) is 21.9. The van der Waals surface area contributed by atoms with Gasteiger partial charge in [-0.25, -0.2) is 4.98 Å². The highest BCUT2D eigenvalue weighted by Gasteiger charge is 2.27. The van der Waals surface area contributed by atoms with Crippen molar-refractivity contribution in [1.82, 2.24) is 15.2 Å². The molecule has 1 N–H and O–H groups in total. The first kappa shape index (κ1) is 21.3. The number of hydrogen-bond donors (Lipinski definition) is 1. The average molecular weight is 468 g/mol. The van der Waals surface area contributed by atoms with Crippen LogP contribution in [-0.2, 0) is 5.75 Å². The van der Waals surface area contributed by atoms with Gasteiger partial charge in [0.1, 0.15) is 15.7 Å². The van der Waals surface area contributed by atoms with Gasteiger partial charge >= 0.3 is 0 Å². The molecule has 1 saturated heterocycles. The number of para-hydroxylation sites is 1. The zero-order valence-electron chi connectivity index (χ0n) is 17.9. The van der Waals surface area contributed by atoms with Crippen LogP contribution in [-0.4, -0.2) is 35.4 Å². The van der Waals surface area contributed by atoms with E-state index in [0.29, 0.717) is 18.1 Å². The average Bonchev–Trinajstić information content (AvgIpc) is 3.59. The number of thioether (sulfide) groups is 1. The van der Waals surface area contributed by atoms with Gasteiger partial charge in [0.25, 0.3) is 5.91 Å². The van der Waals surface area contributed by atoms with Crippen LogP contribution in [0.25, 0.3) is 11.0 Å². The van der Waals surface area contributed by atoms with Crippen molar-refractivity contribution in [3.8, 4) is 0 Å². The highest BCUT2D eigenvalue weighted by atomic mass is 32.2. The van der Waals surface area contributed by atoms with Crippen molar-refractivity contribution in [2.75, 3.05) is 19.6 Å². The molecular formula is C24H25N3O3S2. The van der Waals surface area contributed by atoms with Crippen LogP contribution in [0.1, 0.15) is 46.5 Å². The Morgan fingerprint density at radius 1 is 1.25 bits per heavy atom. The third-order valence-electron chi connectivity index (χ3n) is 5.75. The lowest BCUT2D eigenvalue weighted by Gasteiger charge is -2.25. The van der Waals surface area contributed by atoms with Gasteiger partial charge in [-0.15, -0.1) is 11.3 Å². The van der Waals surface area contributed by atoms with E-state index >= 15 is 0 Å². The molecule has 1 atom stereocenters. The number of furan rings is 2. The Morgan fingerprint density at radius 2 is 2.09 bits per heavy atom. The molecule has 3 aromatic heterocycles. The van der Waals surface area contributed by atoms with E-state index in [1.807, 2.05) is 48.7 Å². The third kappa shape index (κ3) is 4.48. The van der Waals surface area contributed by atoms with Crippen LogP contribution in [0.5, 0.6) is 0 Å². The highest BCUT2D eigenvalue weighted by Crippen LogP contribution is 2.33. The first-order valence-corrected chi connectivity index (χ1v) is 12.7. The van der Waals surface area contributed by atoms with Crippen molar-refractivity contribution >= 4 is 40.0 Å². The molecule has 166 valence electrons. The number of amides is 1. The van der Waals surface area contributed by atoms with Crippen molar-refractivity contribution < 1.29 is 13.6 Å². The summed E-state index contributed by atoms with van der Waals surface area (Å²) >= 11 is 3.25. The van der Waals surface area contributed by atoms with Gasteiger partial charge < -0.3 is 14.2 Å². The summed E-state index contributed by atoms with van der Waals surface area (Å²) < 4.78 is 12.7. The Balaban J connectivity index is 1.36. The van der Waals surface area contributed by atoms with Gasteiger partial charge in [0.15, 0.2) is 5.76 Å². The summed E-state index contributed by atoms with van der Waals surface area (Å²) in [5.74, 6) is 1.70. The number of nitrogens with zero attached hydrogens (tertiary/aromatic N) is 2. The summed E-state index contributed by atoms with van der Waals surface area (Å²) in [4.78, 5) is 20.2. The van der Waals surface area contributed by atoms with Gasteiger partial charge in [0.05, 0.1) is 12.3 Å². The maximum atomic E-state index is 13.3. The largest absolute Gasteiger partial charge is 0.468 e. The van der Waals surface area contributed by atoms with E-state index in [1.165, 1.54) is 12.8 Å². The summed E-state index contributed by atoms with van der Waals surface area (Å²) in [5.41, 5.74) is 2.65. The molecule has 1 aliphatic heterocycles. The number of benzene rings is 1. The summed E-state index contributed by atoms with van der Waals surface area (Å²) in [7, 11) is 0. The number of fused-ring (bicyclic) bond motifs is 1. The van der Waals surface area contributed by atoms with Crippen molar-refractivity contribution in [2.45, 2.75) is 35.9 Å². The van der Waals surface area contributed by atoms with E-state index in [4.69, 9.17) is 8.83 Å². The number of rotatable bonds is 8. The van der Waals surface area contributed by atoms with Crippen molar-refractivity contribution in [3.05, 3.63) is 70.8 Å². The van der Waals surface area contributed by atoms with Gasteiger partial charge in [-0.2, -0.15) is 0 Å². The Bertz CT molecular complexity index is 1190. The van der Waals surface area contributed by atoms with Crippen molar-refractivity contribution in [2.24, 2.45) is 0 Å². The van der Waals surface area contributed by atoms with Crippen LogP contribution in [0.2, 0.25) is 0 Å². The number of aromatic nitrogens is 1. The van der Waals surface area contributed by atoms with E-state index < -0.39 is 0 Å². The van der Waals surface area contributed by atoms with Crippen LogP contribution in [0, 0.1) is 6.92 Å². The van der Waals surface area contributed by atoms with E-state index in [1.54, 1.807) is 29.4 Å². The SMILES string of the molecule is Cc1csc(SCc2c(C(=O)NC[C@H](c3ccco3)N3CCCC3)oc3ccccc23)n1. The molecule has 0 bridgehead atoms. The van der Waals surface area contributed by atoms with Crippen LogP contribution >= 0.6 is 23.1 Å². The Labute approximate surface area is 195 Å². The van der Waals surface area contributed by atoms with E-state index in [-0.39, 0.29) is 11.9 Å². The molecule has 6 nitrogen and oxygen atoms in total. The predicted octanol–water partition coefficient (Wildman–Crippen LogP) is 5.65. The molecule has 0 aliphatic carbocycles. The zero-order valence-corrected chi connectivity index (χ0v) is 19.5. The third-order valence-corrected chi connectivity index (χ3v) is 7.92. The fraction of sp³-hybridized carbons (Fsp3) is 0.333. The summed E-state index contributed by atoms with van der Waals surface area (Å²) in [6.45, 7) is 4.49. The standard InChI is InChI=1S/C24H25N3O3S2/c1-16-14-31-24(26-16)32-15-18-17-7-2-3-8-20(17)30-22(18)23(28)25-13-19(21-9-6-12-29-21)27-10-4-5-11-27/h2-3,6-9,12,14,19H,4-5,10-11,13,15H2,1H3,(H,25,28)/t19-/m1/s1. The second-order valence-corrected chi connectivity index (χ2v) is 10.0. The lowest BCUT2D eigenvalue weighted by Crippen LogP contribution is -2.36. The number of likely N-dealkylation sites (tertiary alicyclic amines) is 1. The van der Waals surface area contributed by atoms with Crippen molar-refractivity contribution in [1.29, 1.82) is 0 Å². The van der Waals surface area contributed by atoms with Gasteiger partial charge in [-0.3, -0.25) is 9.69 Å². The Morgan fingerprint density at radius 3 is 2.84 bits per heavy atom. The quantitative estimate of drug-likeness (QED) is 0.338. The number of hydrogen-bond acceptors (Lipinski definition) is 7. The highest BCUT2D eigenvalue weighted by molar-refractivity contribution is 8.00. The smallest absolute Gasteiger partial charge is 0.287 e. The molecular weight excluding hydrogens is 442 g/mol. The minimum absolute atomic E-state index is 0.0250. The van der Waals surface area contributed by atoms with Gasteiger partial charge in [-0.1, -0.05) is 30.0 Å². The number of thiazole rings is 1. The first-order valence-electron chi connectivity index (χ1n) is 10.8. The molecule has 0 spiro atoms. The lowest BCUT2D eigenvalue weighted by molar-refractivity contribution is 0.0907. The van der Waals surface area contributed by atoms with Gasteiger partial charge in [0, 0.05) is 34.3 Å². The van der Waals surface area contributed by atoms with E-state index in [2.05, 4.69) is 15.2 Å². The maximum Gasteiger partial charge on any atom is 0.287 e. The second-order valence-electron chi connectivity index (χ2n) is 7.93. The maximum absolute atomic E-state index is 13.3. The molecule has 4 heterocycles. The molecule has 0 saturated carbocycles. The molecule has 32 heavy (non-hydrogen) atoms. The number of aryl methyl sites for hydroxylation is 1. The summed E-state index contributed by atoms with van der Waals surface area (Å²) in [6.07, 6.45) is 4.04. The molecule has 1 aromatic carbocycles. The number of carbonyl (C=O) groups is 1. The lowest BCUT2D eigenvalue weighted by atomic mass is 10.1. The number of nitrogens with one attached hydrogen (secondary N) is 1. The monoisotopic (exact) mass is 467 g/mol. The van der Waals surface area contributed by atoms with Gasteiger partial charge in [0.2, 0.25) is 0 Å². The van der Waals surface area contributed by atoms with Crippen molar-refractivity contribution in [3.63, 3.8) is 0 Å². The Hall–Kier alpha value is -2.55. The summed E-state index contributed by atoms with van der Waals surface area (Å²) in [5, 5.41) is 6.12. The minimum Gasteiger partial charge on any atom is -0.468 e. The predicted molar refractivity (Wildman–Crippen MR) is 127 cm³/mol. The minimum atomic E-state index is -0.192. The first-order chi connectivity index (χ1) is 15.7. The topological polar surface area (TPSA) is 71.5 Å². The van der Waals surface area contributed by atoms with Crippen LogP contribution in [0.4, 0.5) is 0 Å². The summed E-state index contributed by atoms with van der Waals surface area (Å²) in [6, 6.07) is 11.7. The van der Waals surface area contributed by atoms with Gasteiger partial charge in [-0.05, 0) is 51.1 Å². The molecule has 4 aromatic rings. The molecule has 1 fully saturated rings. The second kappa shape index (κ2) is 9.52. The molecule has 1 amide bonds.